The lowest BCUT2D eigenvalue weighted by molar-refractivity contribution is 0.238. The van der Waals surface area contributed by atoms with Crippen LogP contribution in [0.25, 0.3) is 0 Å². The van der Waals surface area contributed by atoms with Gasteiger partial charge < -0.3 is 10.1 Å². The fourth-order valence-electron chi connectivity index (χ4n) is 2.46. The molecule has 1 rings (SSSR count). The smallest absolute Gasteiger partial charge is 0.125 e. The molecule has 0 atom stereocenters. The van der Waals surface area contributed by atoms with Crippen LogP contribution in [0.2, 0.25) is 0 Å². The van der Waals surface area contributed by atoms with Crippen LogP contribution in [0.1, 0.15) is 64.2 Å². The van der Waals surface area contributed by atoms with Gasteiger partial charge in [0.2, 0.25) is 0 Å². The number of hydrogen-bond donors (Lipinski definition) is 1. The molecule has 2 heteroatoms. The zero-order chi connectivity index (χ0) is 16.0. The number of hydrogen-bond acceptors (Lipinski definition) is 2. The molecule has 0 amide bonds. The molecule has 0 aliphatic rings. The first-order valence-electron chi connectivity index (χ1n) is 8.24. The Kier molecular flexibility index (Phi) is 6.73. The summed E-state index contributed by atoms with van der Waals surface area (Å²) >= 11 is 0. The van der Waals surface area contributed by atoms with Crippen molar-refractivity contribution in [1.82, 2.24) is 5.32 Å². The van der Waals surface area contributed by atoms with E-state index in [1.54, 1.807) is 0 Å². The highest BCUT2D eigenvalue weighted by atomic mass is 16.5. The standard InChI is InChI=1S/C19H33NO/c1-8-16(9-2)13-21-18-14(3)10-17(11-15(18)4)12-20-19(5,6)7/h10-11,16,20H,8-9,12-13H2,1-7H3. The van der Waals surface area contributed by atoms with Crippen LogP contribution in [0.15, 0.2) is 12.1 Å². The van der Waals surface area contributed by atoms with Gasteiger partial charge >= 0.3 is 0 Å². The summed E-state index contributed by atoms with van der Waals surface area (Å²) in [4.78, 5) is 0. The molecule has 0 heterocycles. The molecule has 0 radical (unpaired) electrons. The van der Waals surface area contributed by atoms with Gasteiger partial charge in [-0.2, -0.15) is 0 Å². The second kappa shape index (κ2) is 7.84. The summed E-state index contributed by atoms with van der Waals surface area (Å²) in [6, 6.07) is 4.49. The Morgan fingerprint density at radius 2 is 1.57 bits per heavy atom. The summed E-state index contributed by atoms with van der Waals surface area (Å²) in [5.41, 5.74) is 3.96. The molecule has 2 nitrogen and oxygen atoms in total. The number of ether oxygens (including phenoxy) is 1. The summed E-state index contributed by atoms with van der Waals surface area (Å²) in [6.45, 7) is 17.1. The van der Waals surface area contributed by atoms with Gasteiger partial charge in [-0.05, 0) is 57.2 Å². The zero-order valence-corrected chi connectivity index (χ0v) is 15.0. The third kappa shape index (κ3) is 6.09. The van der Waals surface area contributed by atoms with Crippen LogP contribution in [0.3, 0.4) is 0 Å². The fourth-order valence-corrected chi connectivity index (χ4v) is 2.46. The molecule has 0 aromatic heterocycles. The first kappa shape index (κ1) is 18.0. The summed E-state index contributed by atoms with van der Waals surface area (Å²) in [6.07, 6.45) is 2.37. The number of rotatable bonds is 7. The maximum atomic E-state index is 6.09. The van der Waals surface area contributed by atoms with Gasteiger partial charge in [0.05, 0.1) is 6.61 Å². The SMILES string of the molecule is CCC(CC)COc1c(C)cc(CNC(C)(C)C)cc1C. The van der Waals surface area contributed by atoms with Gasteiger partial charge in [-0.25, -0.2) is 0 Å². The molecule has 0 fully saturated rings. The molecule has 1 N–H and O–H groups in total. The Bertz CT molecular complexity index is 418. The Labute approximate surface area is 131 Å². The summed E-state index contributed by atoms with van der Waals surface area (Å²) in [5, 5.41) is 3.54. The van der Waals surface area contributed by atoms with E-state index in [4.69, 9.17) is 4.74 Å². The minimum Gasteiger partial charge on any atom is -0.493 e. The third-order valence-electron chi connectivity index (χ3n) is 3.96. The molecule has 21 heavy (non-hydrogen) atoms. The van der Waals surface area contributed by atoms with Crippen LogP contribution < -0.4 is 10.1 Å². The molecule has 1 aromatic rings. The van der Waals surface area contributed by atoms with E-state index in [9.17, 15) is 0 Å². The van der Waals surface area contributed by atoms with Crippen molar-refractivity contribution in [2.24, 2.45) is 5.92 Å². The van der Waals surface area contributed by atoms with Crippen LogP contribution in [-0.4, -0.2) is 12.1 Å². The number of nitrogens with one attached hydrogen (secondary N) is 1. The van der Waals surface area contributed by atoms with Crippen molar-refractivity contribution < 1.29 is 4.74 Å². The normalized spacial score (nSPS) is 12.0. The van der Waals surface area contributed by atoms with E-state index in [-0.39, 0.29) is 5.54 Å². The molecule has 0 saturated carbocycles. The lowest BCUT2D eigenvalue weighted by Gasteiger charge is -2.22. The molecule has 0 aliphatic carbocycles. The van der Waals surface area contributed by atoms with Crippen LogP contribution in [0.4, 0.5) is 0 Å². The summed E-state index contributed by atoms with van der Waals surface area (Å²) < 4.78 is 6.09. The molecule has 0 aliphatic heterocycles. The van der Waals surface area contributed by atoms with Gasteiger partial charge in [0.1, 0.15) is 5.75 Å². The Morgan fingerprint density at radius 3 is 2.00 bits per heavy atom. The molecular formula is C19H33NO. The molecule has 0 saturated heterocycles. The van der Waals surface area contributed by atoms with E-state index in [0.717, 1.165) is 18.9 Å². The fraction of sp³-hybridized carbons (Fsp3) is 0.684. The summed E-state index contributed by atoms with van der Waals surface area (Å²) in [7, 11) is 0. The number of aryl methyl sites for hydroxylation is 2. The van der Waals surface area contributed by atoms with Gasteiger partial charge in [-0.1, -0.05) is 38.8 Å². The predicted octanol–water partition coefficient (Wildman–Crippen LogP) is 5.01. The van der Waals surface area contributed by atoms with E-state index in [2.05, 4.69) is 65.9 Å². The Hall–Kier alpha value is -1.02. The Balaban J connectivity index is 2.75. The van der Waals surface area contributed by atoms with Crippen molar-refractivity contribution in [1.29, 1.82) is 0 Å². The highest BCUT2D eigenvalue weighted by molar-refractivity contribution is 5.43. The molecule has 120 valence electrons. The molecule has 1 aromatic carbocycles. The van der Waals surface area contributed by atoms with Crippen LogP contribution in [-0.2, 0) is 6.54 Å². The first-order chi connectivity index (χ1) is 9.76. The van der Waals surface area contributed by atoms with Crippen molar-refractivity contribution >= 4 is 0 Å². The quantitative estimate of drug-likeness (QED) is 0.762. The van der Waals surface area contributed by atoms with Gasteiger partial charge in [-0.15, -0.1) is 0 Å². The minimum absolute atomic E-state index is 0.145. The van der Waals surface area contributed by atoms with Crippen molar-refractivity contribution in [3.63, 3.8) is 0 Å². The van der Waals surface area contributed by atoms with Crippen molar-refractivity contribution in [3.05, 3.63) is 28.8 Å². The lowest BCUT2D eigenvalue weighted by Crippen LogP contribution is -2.35. The third-order valence-corrected chi connectivity index (χ3v) is 3.96. The van der Waals surface area contributed by atoms with Crippen LogP contribution in [0, 0.1) is 19.8 Å². The van der Waals surface area contributed by atoms with E-state index in [1.807, 2.05) is 0 Å². The highest BCUT2D eigenvalue weighted by Gasteiger charge is 2.12. The van der Waals surface area contributed by atoms with Gasteiger partial charge in [0.15, 0.2) is 0 Å². The molecule has 0 unspecified atom stereocenters. The monoisotopic (exact) mass is 291 g/mol. The van der Waals surface area contributed by atoms with E-state index >= 15 is 0 Å². The first-order valence-corrected chi connectivity index (χ1v) is 8.24. The van der Waals surface area contributed by atoms with Crippen molar-refractivity contribution in [2.75, 3.05) is 6.61 Å². The van der Waals surface area contributed by atoms with E-state index in [1.165, 1.54) is 29.5 Å². The molecule has 0 spiro atoms. The van der Waals surface area contributed by atoms with Crippen LogP contribution in [0.5, 0.6) is 5.75 Å². The second-order valence-corrected chi connectivity index (χ2v) is 7.16. The van der Waals surface area contributed by atoms with Crippen molar-refractivity contribution in [3.8, 4) is 5.75 Å². The largest absolute Gasteiger partial charge is 0.493 e. The van der Waals surface area contributed by atoms with Crippen LogP contribution >= 0.6 is 0 Å². The topological polar surface area (TPSA) is 21.3 Å². The van der Waals surface area contributed by atoms with E-state index in [0.29, 0.717) is 5.92 Å². The molecule has 0 bridgehead atoms. The predicted molar refractivity (Wildman–Crippen MR) is 92.1 cm³/mol. The zero-order valence-electron chi connectivity index (χ0n) is 15.0. The lowest BCUT2D eigenvalue weighted by atomic mass is 10.0. The Morgan fingerprint density at radius 1 is 1.05 bits per heavy atom. The molecular weight excluding hydrogens is 258 g/mol. The van der Waals surface area contributed by atoms with Gasteiger partial charge in [0.25, 0.3) is 0 Å². The minimum atomic E-state index is 0.145. The van der Waals surface area contributed by atoms with Gasteiger partial charge in [0, 0.05) is 12.1 Å². The average Bonchev–Trinajstić information content (AvgIpc) is 2.39. The maximum absolute atomic E-state index is 6.09. The summed E-state index contributed by atoms with van der Waals surface area (Å²) in [5.74, 6) is 1.73. The van der Waals surface area contributed by atoms with Crippen molar-refractivity contribution in [2.45, 2.75) is 73.4 Å². The van der Waals surface area contributed by atoms with Gasteiger partial charge in [-0.3, -0.25) is 0 Å². The van der Waals surface area contributed by atoms with E-state index < -0.39 is 0 Å². The average molecular weight is 291 g/mol. The number of benzene rings is 1. The highest BCUT2D eigenvalue weighted by Crippen LogP contribution is 2.26. The second-order valence-electron chi connectivity index (χ2n) is 7.16. The maximum Gasteiger partial charge on any atom is 0.125 e.